The monoisotopic (exact) mass is 360 g/mol. The largest absolute Gasteiger partial charge is 0.508 e. The van der Waals surface area contributed by atoms with Crippen molar-refractivity contribution in [1.82, 2.24) is 0 Å². The van der Waals surface area contributed by atoms with Gasteiger partial charge in [0.05, 0.1) is 12.2 Å². The Balaban J connectivity index is 1.80. The van der Waals surface area contributed by atoms with Crippen LogP contribution in [0.2, 0.25) is 0 Å². The third kappa shape index (κ3) is 3.59. The van der Waals surface area contributed by atoms with Gasteiger partial charge < -0.3 is 33.2 Å². The summed E-state index contributed by atoms with van der Waals surface area (Å²) in [5.74, 6) is -0.470. The Morgan fingerprint density at radius 3 is 2.64 bits per heavy atom. The first-order chi connectivity index (χ1) is 11.8. The summed E-state index contributed by atoms with van der Waals surface area (Å²) < 4.78 is 38.2. The molecule has 0 N–H and O–H groups in total. The molecule has 0 aromatic heterocycles. The van der Waals surface area contributed by atoms with E-state index in [9.17, 15) is 9.59 Å². The highest BCUT2D eigenvalue weighted by molar-refractivity contribution is 5.66. The molecule has 0 aromatic carbocycles. The molecule has 1 unspecified atom stereocenters. The summed E-state index contributed by atoms with van der Waals surface area (Å²) in [7, 11) is 1.60. The SMILES string of the molecule is CO[C@H]1[C@@H]2OCOC(OC(C)=O)[C@@H]2O[C@@H](C[C@@H]2COC(=O)O2)C1(C)C. The molecule has 0 amide bonds. The molecule has 6 atom stereocenters. The van der Waals surface area contributed by atoms with Crippen molar-refractivity contribution in [2.45, 2.75) is 64.0 Å². The molecule has 3 aliphatic heterocycles. The lowest BCUT2D eigenvalue weighted by Crippen LogP contribution is -2.66. The molecule has 0 saturated carbocycles. The van der Waals surface area contributed by atoms with Crippen molar-refractivity contribution in [3.63, 3.8) is 0 Å². The van der Waals surface area contributed by atoms with Crippen LogP contribution < -0.4 is 0 Å². The molecule has 0 bridgehead atoms. The molecule has 3 rings (SSSR count). The number of fused-ring (bicyclic) bond motifs is 1. The molecule has 25 heavy (non-hydrogen) atoms. The minimum absolute atomic E-state index is 0.0167. The Bertz CT molecular complexity index is 520. The summed E-state index contributed by atoms with van der Waals surface area (Å²) in [6, 6.07) is 0. The molecule has 3 aliphatic rings. The molecule has 0 spiro atoms. The quantitative estimate of drug-likeness (QED) is 0.679. The van der Waals surface area contributed by atoms with Crippen molar-refractivity contribution in [2.75, 3.05) is 20.5 Å². The third-order valence-corrected chi connectivity index (χ3v) is 4.93. The molecule has 0 radical (unpaired) electrons. The van der Waals surface area contributed by atoms with E-state index < -0.39 is 42.1 Å². The van der Waals surface area contributed by atoms with Gasteiger partial charge in [0.2, 0.25) is 6.29 Å². The second-order valence-electron chi connectivity index (χ2n) is 7.00. The van der Waals surface area contributed by atoms with Crippen LogP contribution in [-0.4, -0.2) is 69.4 Å². The molecule has 3 fully saturated rings. The molecule has 0 aromatic rings. The van der Waals surface area contributed by atoms with Gasteiger partial charge in [-0.3, -0.25) is 4.79 Å². The number of ether oxygens (including phenoxy) is 7. The predicted molar refractivity (Wildman–Crippen MR) is 80.5 cm³/mol. The minimum atomic E-state index is -0.880. The Morgan fingerprint density at radius 2 is 2.04 bits per heavy atom. The topological polar surface area (TPSA) is 98.8 Å². The number of carbonyl (C=O) groups excluding carboxylic acids is 2. The number of cyclic esters (lactones) is 2. The predicted octanol–water partition coefficient (Wildman–Crippen LogP) is 0.983. The summed E-state index contributed by atoms with van der Waals surface area (Å²) in [5, 5.41) is 0. The van der Waals surface area contributed by atoms with Crippen LogP contribution in [0.4, 0.5) is 4.79 Å². The van der Waals surface area contributed by atoms with Gasteiger partial charge in [0.25, 0.3) is 0 Å². The van der Waals surface area contributed by atoms with Gasteiger partial charge in [-0.05, 0) is 0 Å². The Labute approximate surface area is 145 Å². The van der Waals surface area contributed by atoms with Gasteiger partial charge in [-0.1, -0.05) is 13.8 Å². The molecule has 3 heterocycles. The van der Waals surface area contributed by atoms with Gasteiger partial charge in [0.15, 0.2) is 6.79 Å². The maximum Gasteiger partial charge on any atom is 0.508 e. The van der Waals surface area contributed by atoms with Crippen molar-refractivity contribution in [3.8, 4) is 0 Å². The van der Waals surface area contributed by atoms with E-state index in [2.05, 4.69) is 0 Å². The lowest BCUT2D eigenvalue weighted by molar-refractivity contribution is -0.362. The smallest absolute Gasteiger partial charge is 0.433 e. The maximum atomic E-state index is 11.4. The van der Waals surface area contributed by atoms with E-state index >= 15 is 0 Å². The highest BCUT2D eigenvalue weighted by Gasteiger charge is 2.57. The van der Waals surface area contributed by atoms with E-state index in [0.29, 0.717) is 6.42 Å². The van der Waals surface area contributed by atoms with Crippen LogP contribution in [0, 0.1) is 5.41 Å². The summed E-state index contributed by atoms with van der Waals surface area (Å²) in [6.45, 7) is 5.47. The van der Waals surface area contributed by atoms with Crippen LogP contribution in [-0.2, 0) is 38.0 Å². The number of esters is 1. The minimum Gasteiger partial charge on any atom is -0.433 e. The average molecular weight is 360 g/mol. The third-order valence-electron chi connectivity index (χ3n) is 4.93. The van der Waals surface area contributed by atoms with Gasteiger partial charge in [-0.2, -0.15) is 0 Å². The second kappa shape index (κ2) is 7.06. The lowest BCUT2D eigenvalue weighted by atomic mass is 9.72. The molecule has 9 heteroatoms. The van der Waals surface area contributed by atoms with Crippen molar-refractivity contribution >= 4 is 12.1 Å². The lowest BCUT2D eigenvalue weighted by Gasteiger charge is -2.53. The number of methoxy groups -OCH3 is 1. The van der Waals surface area contributed by atoms with Crippen molar-refractivity contribution in [2.24, 2.45) is 5.41 Å². The van der Waals surface area contributed by atoms with E-state index in [1.165, 1.54) is 6.92 Å². The summed E-state index contributed by atoms with van der Waals surface area (Å²) >= 11 is 0. The van der Waals surface area contributed by atoms with Gasteiger partial charge in [-0.15, -0.1) is 0 Å². The standard InChI is InChI=1S/C16H24O9/c1-8(17)23-14-12-11(21-7-22-14)13(19-4)16(2,3)10(25-12)5-9-6-20-15(18)24-9/h9-14H,5-7H2,1-4H3/t9-,10+,11-,12-,13+,14?/m1/s1. The fourth-order valence-corrected chi connectivity index (χ4v) is 3.68. The van der Waals surface area contributed by atoms with Crippen molar-refractivity contribution in [3.05, 3.63) is 0 Å². The van der Waals surface area contributed by atoms with Crippen LogP contribution in [0.3, 0.4) is 0 Å². The first-order valence-electron chi connectivity index (χ1n) is 8.25. The van der Waals surface area contributed by atoms with Crippen LogP contribution in [0.15, 0.2) is 0 Å². The van der Waals surface area contributed by atoms with E-state index in [1.807, 2.05) is 13.8 Å². The second-order valence-corrected chi connectivity index (χ2v) is 7.00. The average Bonchev–Trinajstić information content (AvgIpc) is 2.93. The van der Waals surface area contributed by atoms with Crippen molar-refractivity contribution in [1.29, 1.82) is 0 Å². The first-order valence-corrected chi connectivity index (χ1v) is 8.25. The van der Waals surface area contributed by atoms with Crippen molar-refractivity contribution < 1.29 is 42.7 Å². The van der Waals surface area contributed by atoms with E-state index in [1.54, 1.807) is 7.11 Å². The van der Waals surface area contributed by atoms with Gasteiger partial charge in [0, 0.05) is 25.9 Å². The number of carbonyl (C=O) groups is 2. The first kappa shape index (κ1) is 18.4. The van der Waals surface area contributed by atoms with E-state index in [4.69, 9.17) is 33.2 Å². The molecule has 3 saturated heterocycles. The normalized spacial score (nSPS) is 39.9. The molecule has 0 aliphatic carbocycles. The van der Waals surface area contributed by atoms with Gasteiger partial charge >= 0.3 is 12.1 Å². The fraction of sp³-hybridized carbons (Fsp3) is 0.875. The maximum absolute atomic E-state index is 11.4. The van der Waals surface area contributed by atoms with Crippen LogP contribution in [0.25, 0.3) is 0 Å². The van der Waals surface area contributed by atoms with E-state index in [-0.39, 0.29) is 25.6 Å². The molecule has 142 valence electrons. The van der Waals surface area contributed by atoms with Crippen LogP contribution >= 0.6 is 0 Å². The zero-order chi connectivity index (χ0) is 18.2. The molecular formula is C16H24O9. The zero-order valence-electron chi connectivity index (χ0n) is 14.8. The number of hydrogen-bond acceptors (Lipinski definition) is 9. The number of hydrogen-bond donors (Lipinski definition) is 0. The van der Waals surface area contributed by atoms with Gasteiger partial charge in [-0.25, -0.2) is 4.79 Å². The highest BCUT2D eigenvalue weighted by atomic mass is 16.8. The fourth-order valence-electron chi connectivity index (χ4n) is 3.68. The summed E-state index contributed by atoms with van der Waals surface area (Å²) in [5.41, 5.74) is -0.441. The highest BCUT2D eigenvalue weighted by Crippen LogP contribution is 2.44. The summed E-state index contributed by atoms with van der Waals surface area (Å²) in [6.07, 6.45) is -3.29. The Morgan fingerprint density at radius 1 is 1.28 bits per heavy atom. The van der Waals surface area contributed by atoms with Crippen LogP contribution in [0.1, 0.15) is 27.2 Å². The Kier molecular flexibility index (Phi) is 5.19. The van der Waals surface area contributed by atoms with Crippen LogP contribution in [0.5, 0.6) is 0 Å². The number of rotatable bonds is 4. The molecular weight excluding hydrogens is 336 g/mol. The Hall–Kier alpha value is -1.42. The molecule has 9 nitrogen and oxygen atoms in total. The zero-order valence-corrected chi connectivity index (χ0v) is 14.8. The van der Waals surface area contributed by atoms with Gasteiger partial charge in [0.1, 0.15) is 24.9 Å². The summed E-state index contributed by atoms with van der Waals surface area (Å²) in [4.78, 5) is 22.5. The van der Waals surface area contributed by atoms with E-state index in [0.717, 1.165) is 0 Å².